The molecule has 0 amide bonds. The van der Waals surface area contributed by atoms with Gasteiger partial charge < -0.3 is 5.32 Å². The zero-order chi connectivity index (χ0) is 11.1. The molecule has 2 rings (SSSR count). The van der Waals surface area contributed by atoms with E-state index < -0.39 is 0 Å². The highest BCUT2D eigenvalue weighted by atomic mass is 35.5. The van der Waals surface area contributed by atoms with Crippen molar-refractivity contribution in [2.75, 3.05) is 7.05 Å². The summed E-state index contributed by atoms with van der Waals surface area (Å²) in [5, 5.41) is 8.37. The second-order valence-electron chi connectivity index (χ2n) is 4.75. The van der Waals surface area contributed by atoms with Gasteiger partial charge in [0.25, 0.3) is 0 Å². The van der Waals surface area contributed by atoms with Crippen molar-refractivity contribution >= 4 is 11.6 Å². The van der Waals surface area contributed by atoms with Gasteiger partial charge in [0, 0.05) is 18.5 Å². The Morgan fingerprint density at radius 2 is 2.40 bits per heavy atom. The van der Waals surface area contributed by atoms with Crippen molar-refractivity contribution in [1.82, 2.24) is 15.1 Å². The Morgan fingerprint density at radius 1 is 1.67 bits per heavy atom. The lowest BCUT2D eigenvalue weighted by atomic mass is 9.84. The van der Waals surface area contributed by atoms with Crippen molar-refractivity contribution in [3.63, 3.8) is 0 Å². The highest BCUT2D eigenvalue weighted by molar-refractivity contribution is 6.31. The third-order valence-electron chi connectivity index (χ3n) is 3.62. The molecule has 1 aromatic heterocycles. The molecule has 1 aromatic rings. The van der Waals surface area contributed by atoms with Crippen LogP contribution in [-0.4, -0.2) is 22.9 Å². The molecule has 1 fully saturated rings. The van der Waals surface area contributed by atoms with E-state index in [-0.39, 0.29) is 5.41 Å². The van der Waals surface area contributed by atoms with Gasteiger partial charge in [-0.1, -0.05) is 18.5 Å². The maximum Gasteiger partial charge on any atom is 0.0823 e. The summed E-state index contributed by atoms with van der Waals surface area (Å²) in [6, 6.07) is 0.612. The molecule has 0 radical (unpaired) electrons. The predicted molar refractivity (Wildman–Crippen MR) is 62.3 cm³/mol. The van der Waals surface area contributed by atoms with Crippen molar-refractivity contribution in [3.8, 4) is 0 Å². The first-order valence-electron chi connectivity index (χ1n) is 5.42. The van der Waals surface area contributed by atoms with Gasteiger partial charge in [-0.3, -0.25) is 4.68 Å². The van der Waals surface area contributed by atoms with Gasteiger partial charge in [0.2, 0.25) is 0 Å². The third-order valence-corrected chi connectivity index (χ3v) is 3.89. The molecular formula is C11H18ClN3. The molecule has 1 aliphatic rings. The van der Waals surface area contributed by atoms with E-state index in [1.165, 1.54) is 18.5 Å². The van der Waals surface area contributed by atoms with Crippen LogP contribution in [0.1, 0.15) is 31.9 Å². The minimum absolute atomic E-state index is 0.177. The Kier molecular flexibility index (Phi) is 2.77. The van der Waals surface area contributed by atoms with Gasteiger partial charge in [-0.25, -0.2) is 0 Å². The van der Waals surface area contributed by atoms with Crippen LogP contribution in [0.25, 0.3) is 0 Å². The summed E-state index contributed by atoms with van der Waals surface area (Å²) in [5.41, 5.74) is 1.36. The summed E-state index contributed by atoms with van der Waals surface area (Å²) in [6.07, 6.45) is 5.28. The third kappa shape index (κ3) is 1.79. The van der Waals surface area contributed by atoms with Crippen LogP contribution in [0.2, 0.25) is 5.02 Å². The second-order valence-corrected chi connectivity index (χ2v) is 5.16. The molecule has 0 aromatic carbocycles. The Bertz CT molecular complexity index is 341. The van der Waals surface area contributed by atoms with Gasteiger partial charge in [-0.2, -0.15) is 5.10 Å². The standard InChI is InChI=1S/C11H18ClN3/c1-11(5-4-8(6-11)13-2)10-9(12)7-14-15(10)3/h7-8,13H,4-6H2,1-3H3. The van der Waals surface area contributed by atoms with Crippen LogP contribution >= 0.6 is 11.6 Å². The molecule has 15 heavy (non-hydrogen) atoms. The molecule has 0 bridgehead atoms. The number of nitrogens with one attached hydrogen (secondary N) is 1. The Balaban J connectivity index is 2.31. The molecule has 4 heteroatoms. The lowest BCUT2D eigenvalue weighted by Crippen LogP contribution is -2.27. The molecule has 3 nitrogen and oxygen atoms in total. The van der Waals surface area contributed by atoms with Gasteiger partial charge in [-0.05, 0) is 26.3 Å². The van der Waals surface area contributed by atoms with E-state index >= 15 is 0 Å². The highest BCUT2D eigenvalue weighted by Crippen LogP contribution is 2.42. The van der Waals surface area contributed by atoms with E-state index in [1.807, 2.05) is 18.8 Å². The van der Waals surface area contributed by atoms with Crippen molar-refractivity contribution < 1.29 is 0 Å². The number of nitrogens with zero attached hydrogens (tertiary/aromatic N) is 2. The van der Waals surface area contributed by atoms with Crippen LogP contribution in [-0.2, 0) is 12.5 Å². The Labute approximate surface area is 95.8 Å². The zero-order valence-corrected chi connectivity index (χ0v) is 10.3. The summed E-state index contributed by atoms with van der Waals surface area (Å²) >= 11 is 6.20. The maximum absolute atomic E-state index is 6.20. The molecule has 0 aliphatic heterocycles. The summed E-state index contributed by atoms with van der Waals surface area (Å²) in [6.45, 7) is 2.28. The first-order chi connectivity index (χ1) is 7.07. The minimum atomic E-state index is 0.177. The van der Waals surface area contributed by atoms with E-state index in [9.17, 15) is 0 Å². The largest absolute Gasteiger partial charge is 0.317 e. The van der Waals surface area contributed by atoms with E-state index in [4.69, 9.17) is 11.6 Å². The van der Waals surface area contributed by atoms with Crippen molar-refractivity contribution in [1.29, 1.82) is 0 Å². The number of hydrogen-bond donors (Lipinski definition) is 1. The molecule has 1 heterocycles. The fraction of sp³-hybridized carbons (Fsp3) is 0.727. The average molecular weight is 228 g/mol. The van der Waals surface area contributed by atoms with Gasteiger partial charge in [0.1, 0.15) is 0 Å². The molecule has 84 valence electrons. The summed E-state index contributed by atoms with van der Waals surface area (Å²) < 4.78 is 1.92. The smallest absolute Gasteiger partial charge is 0.0823 e. The van der Waals surface area contributed by atoms with Crippen molar-refractivity contribution in [2.24, 2.45) is 7.05 Å². The van der Waals surface area contributed by atoms with Crippen LogP contribution in [0.3, 0.4) is 0 Å². The quantitative estimate of drug-likeness (QED) is 0.839. The van der Waals surface area contributed by atoms with E-state index in [2.05, 4.69) is 17.3 Å². The minimum Gasteiger partial charge on any atom is -0.317 e. The number of rotatable bonds is 2. The molecule has 1 N–H and O–H groups in total. The van der Waals surface area contributed by atoms with Crippen molar-refractivity contribution in [3.05, 3.63) is 16.9 Å². The SMILES string of the molecule is CNC1CCC(C)(c2c(Cl)cnn2C)C1. The molecule has 2 atom stereocenters. The summed E-state index contributed by atoms with van der Waals surface area (Å²) in [5.74, 6) is 0. The monoisotopic (exact) mass is 227 g/mol. The molecule has 2 unspecified atom stereocenters. The van der Waals surface area contributed by atoms with Crippen LogP contribution in [0, 0.1) is 0 Å². The van der Waals surface area contributed by atoms with Gasteiger partial charge in [-0.15, -0.1) is 0 Å². The van der Waals surface area contributed by atoms with Gasteiger partial charge >= 0.3 is 0 Å². The van der Waals surface area contributed by atoms with Crippen molar-refractivity contribution in [2.45, 2.75) is 37.6 Å². The fourth-order valence-electron chi connectivity index (χ4n) is 2.79. The lowest BCUT2D eigenvalue weighted by Gasteiger charge is -2.25. The zero-order valence-electron chi connectivity index (χ0n) is 9.55. The lowest BCUT2D eigenvalue weighted by molar-refractivity contribution is 0.432. The molecule has 1 saturated carbocycles. The Morgan fingerprint density at radius 3 is 2.87 bits per heavy atom. The summed E-state index contributed by atoms with van der Waals surface area (Å²) in [4.78, 5) is 0. The van der Waals surface area contributed by atoms with Crippen LogP contribution < -0.4 is 5.32 Å². The number of halogens is 1. The molecule has 1 aliphatic carbocycles. The molecule has 0 saturated heterocycles. The van der Waals surface area contributed by atoms with E-state index in [0.717, 1.165) is 11.4 Å². The van der Waals surface area contributed by atoms with Gasteiger partial charge in [0.15, 0.2) is 0 Å². The summed E-state index contributed by atoms with van der Waals surface area (Å²) in [7, 11) is 4.00. The van der Waals surface area contributed by atoms with E-state index in [0.29, 0.717) is 6.04 Å². The van der Waals surface area contributed by atoms with Gasteiger partial charge in [0.05, 0.1) is 16.9 Å². The second kappa shape index (κ2) is 3.80. The highest BCUT2D eigenvalue weighted by Gasteiger charge is 2.39. The average Bonchev–Trinajstić information content (AvgIpc) is 2.72. The van der Waals surface area contributed by atoms with Crippen LogP contribution in [0.5, 0.6) is 0 Å². The number of aromatic nitrogens is 2. The van der Waals surface area contributed by atoms with Crippen LogP contribution in [0.15, 0.2) is 6.20 Å². The normalized spacial score (nSPS) is 31.1. The Hall–Kier alpha value is -0.540. The predicted octanol–water partition coefficient (Wildman–Crippen LogP) is 2.10. The maximum atomic E-state index is 6.20. The first kappa shape index (κ1) is 11.0. The molecule has 0 spiro atoms. The van der Waals surface area contributed by atoms with E-state index in [1.54, 1.807) is 6.20 Å². The topological polar surface area (TPSA) is 29.9 Å². The van der Waals surface area contributed by atoms with Crippen LogP contribution in [0.4, 0.5) is 0 Å². The fourth-order valence-corrected chi connectivity index (χ4v) is 3.19. The number of hydrogen-bond acceptors (Lipinski definition) is 2. The first-order valence-corrected chi connectivity index (χ1v) is 5.80. The number of aryl methyl sites for hydroxylation is 1. The molecular weight excluding hydrogens is 210 g/mol.